The monoisotopic (exact) mass is 305 g/mol. The normalized spacial score (nSPS) is 22.3. The third-order valence-corrected chi connectivity index (χ3v) is 5.67. The fourth-order valence-electron chi connectivity index (χ4n) is 2.28. The van der Waals surface area contributed by atoms with Gasteiger partial charge in [-0.1, -0.05) is 44.2 Å². The van der Waals surface area contributed by atoms with Crippen molar-refractivity contribution in [3.63, 3.8) is 0 Å². The molecule has 2 rings (SSSR count). The maximum absolute atomic E-state index is 12.3. The van der Waals surface area contributed by atoms with E-state index in [1.54, 1.807) is 20.8 Å². The van der Waals surface area contributed by atoms with Crippen LogP contribution in [0.2, 0.25) is 0 Å². The van der Waals surface area contributed by atoms with Crippen LogP contribution in [0.3, 0.4) is 0 Å². The number of sulfonamides is 1. The molecule has 0 spiro atoms. The number of benzene rings is 1. The largest absolute Gasteiger partial charge is 0.258 e. The van der Waals surface area contributed by atoms with Gasteiger partial charge in [0.05, 0.1) is 10.5 Å². The van der Waals surface area contributed by atoms with E-state index in [-0.39, 0.29) is 5.41 Å². The number of allylic oxidation sites excluding steroid dienone is 1. The van der Waals surface area contributed by atoms with E-state index in [1.807, 2.05) is 50.3 Å². The summed E-state index contributed by atoms with van der Waals surface area (Å²) >= 11 is 0. The van der Waals surface area contributed by atoms with Crippen LogP contribution in [0.4, 0.5) is 0 Å². The van der Waals surface area contributed by atoms with Gasteiger partial charge in [-0.25, -0.2) is 8.42 Å². The van der Waals surface area contributed by atoms with Crippen LogP contribution in [0.1, 0.15) is 46.6 Å². The van der Waals surface area contributed by atoms with Crippen LogP contribution >= 0.6 is 0 Å². The smallest absolute Gasteiger partial charge is 0.204 e. The van der Waals surface area contributed by atoms with E-state index in [2.05, 4.69) is 4.40 Å². The first kappa shape index (κ1) is 16.0. The average molecular weight is 305 g/mol. The molecule has 0 heterocycles. The molecule has 0 unspecified atom stereocenters. The van der Waals surface area contributed by atoms with Gasteiger partial charge < -0.3 is 0 Å². The quantitative estimate of drug-likeness (QED) is 0.827. The van der Waals surface area contributed by atoms with Gasteiger partial charge in [0.25, 0.3) is 10.0 Å². The molecule has 3 nitrogen and oxygen atoms in total. The second kappa shape index (κ2) is 5.09. The molecule has 0 amide bonds. The Morgan fingerprint density at radius 3 is 2.19 bits per heavy atom. The first-order chi connectivity index (χ1) is 9.53. The summed E-state index contributed by atoms with van der Waals surface area (Å²) < 4.78 is 27.9. The number of nitrogens with zero attached hydrogens (tertiary/aromatic N) is 1. The van der Waals surface area contributed by atoms with Crippen LogP contribution in [-0.2, 0) is 10.0 Å². The summed E-state index contributed by atoms with van der Waals surface area (Å²) in [7, 11) is -3.51. The first-order valence-corrected chi connectivity index (χ1v) is 8.58. The third-order valence-electron chi connectivity index (χ3n) is 3.70. The topological polar surface area (TPSA) is 46.5 Å². The Balaban J connectivity index is 2.43. The van der Waals surface area contributed by atoms with E-state index in [0.717, 1.165) is 17.6 Å². The molecule has 1 aromatic rings. The van der Waals surface area contributed by atoms with Crippen molar-refractivity contribution in [1.82, 2.24) is 0 Å². The Morgan fingerprint density at radius 2 is 1.71 bits per heavy atom. The zero-order valence-corrected chi connectivity index (χ0v) is 14.2. The predicted molar refractivity (Wildman–Crippen MR) is 88.9 cm³/mol. The van der Waals surface area contributed by atoms with Crippen molar-refractivity contribution >= 4 is 21.8 Å². The number of rotatable bonds is 2. The highest BCUT2D eigenvalue weighted by atomic mass is 32.2. The van der Waals surface area contributed by atoms with Gasteiger partial charge in [0.15, 0.2) is 0 Å². The molecule has 0 aliphatic heterocycles. The number of hydrogen-bond donors (Lipinski definition) is 0. The third kappa shape index (κ3) is 3.26. The van der Waals surface area contributed by atoms with E-state index < -0.39 is 14.8 Å². The van der Waals surface area contributed by atoms with E-state index in [1.165, 1.54) is 0 Å². The SMILES string of the molecule is CC1(C)CC(=C\c2ccccc2)/C1=N/S(=O)(=O)C(C)(C)C. The summed E-state index contributed by atoms with van der Waals surface area (Å²) in [6.07, 6.45) is 2.88. The molecule has 114 valence electrons. The fraction of sp³-hybridized carbons (Fsp3) is 0.471. The minimum atomic E-state index is -3.51. The molecular formula is C17H23NO2S. The van der Waals surface area contributed by atoms with Gasteiger partial charge in [-0.3, -0.25) is 0 Å². The maximum atomic E-state index is 12.3. The second-order valence-corrected chi connectivity index (χ2v) is 9.53. The molecule has 0 aromatic heterocycles. The number of hydrogen-bond acceptors (Lipinski definition) is 2. The summed E-state index contributed by atoms with van der Waals surface area (Å²) in [5.41, 5.74) is 2.60. The lowest BCUT2D eigenvalue weighted by Crippen LogP contribution is -2.40. The van der Waals surface area contributed by atoms with Crippen LogP contribution in [0, 0.1) is 5.41 Å². The zero-order valence-electron chi connectivity index (χ0n) is 13.3. The van der Waals surface area contributed by atoms with E-state index in [4.69, 9.17) is 0 Å². The molecular weight excluding hydrogens is 282 g/mol. The van der Waals surface area contributed by atoms with E-state index >= 15 is 0 Å². The van der Waals surface area contributed by atoms with Crippen LogP contribution in [-0.4, -0.2) is 18.9 Å². The Labute approximate surface area is 127 Å². The highest BCUT2D eigenvalue weighted by molar-refractivity contribution is 7.91. The molecule has 1 aromatic carbocycles. The Morgan fingerprint density at radius 1 is 1.14 bits per heavy atom. The minimum absolute atomic E-state index is 0.182. The summed E-state index contributed by atoms with van der Waals surface area (Å²) in [5, 5.41) is 0. The van der Waals surface area contributed by atoms with Crippen LogP contribution < -0.4 is 0 Å². The van der Waals surface area contributed by atoms with Gasteiger partial charge >= 0.3 is 0 Å². The Hall–Kier alpha value is -1.42. The average Bonchev–Trinajstić information content (AvgIpc) is 2.35. The highest BCUT2D eigenvalue weighted by Crippen LogP contribution is 2.43. The molecule has 1 aliphatic rings. The molecule has 0 bridgehead atoms. The van der Waals surface area contributed by atoms with Crippen LogP contribution in [0.5, 0.6) is 0 Å². The molecule has 0 N–H and O–H groups in total. The lowest BCUT2D eigenvalue weighted by Gasteiger charge is -2.39. The fourth-order valence-corrected chi connectivity index (χ4v) is 3.16. The van der Waals surface area contributed by atoms with Gasteiger partial charge in [0, 0.05) is 5.41 Å². The first-order valence-electron chi connectivity index (χ1n) is 7.14. The van der Waals surface area contributed by atoms with Gasteiger partial charge in [-0.15, -0.1) is 0 Å². The molecule has 21 heavy (non-hydrogen) atoms. The molecule has 1 aliphatic carbocycles. The maximum Gasteiger partial charge on any atom is 0.258 e. The lowest BCUT2D eigenvalue weighted by atomic mass is 9.66. The Kier molecular flexibility index (Phi) is 3.87. The summed E-state index contributed by atoms with van der Waals surface area (Å²) in [6.45, 7) is 9.11. The van der Waals surface area contributed by atoms with Crippen molar-refractivity contribution in [2.75, 3.05) is 0 Å². The molecule has 1 saturated carbocycles. The van der Waals surface area contributed by atoms with Crippen molar-refractivity contribution in [2.24, 2.45) is 9.81 Å². The summed E-state index contributed by atoms with van der Waals surface area (Å²) in [5.74, 6) is 0. The summed E-state index contributed by atoms with van der Waals surface area (Å²) in [6, 6.07) is 9.92. The van der Waals surface area contributed by atoms with Crippen molar-refractivity contribution < 1.29 is 8.42 Å². The van der Waals surface area contributed by atoms with Crippen molar-refractivity contribution in [1.29, 1.82) is 0 Å². The zero-order chi connectivity index (χ0) is 15.9. The molecule has 0 radical (unpaired) electrons. The van der Waals surface area contributed by atoms with E-state index in [9.17, 15) is 8.42 Å². The molecule has 1 fully saturated rings. The highest BCUT2D eigenvalue weighted by Gasteiger charge is 2.42. The lowest BCUT2D eigenvalue weighted by molar-refractivity contribution is 0.473. The van der Waals surface area contributed by atoms with Gasteiger partial charge in [-0.2, -0.15) is 4.40 Å². The van der Waals surface area contributed by atoms with Crippen LogP contribution in [0.25, 0.3) is 6.08 Å². The van der Waals surface area contributed by atoms with E-state index in [0.29, 0.717) is 5.71 Å². The molecule has 0 saturated heterocycles. The van der Waals surface area contributed by atoms with Crippen molar-refractivity contribution in [3.05, 3.63) is 41.5 Å². The second-order valence-electron chi connectivity index (χ2n) is 7.17. The standard InChI is InChI=1S/C17H23NO2S/c1-16(2,3)21(19,20)18-15-14(12-17(15,4)5)11-13-9-7-6-8-10-13/h6-11H,12H2,1-5H3/b14-11+,18-15-. The van der Waals surface area contributed by atoms with Gasteiger partial charge in [-0.05, 0) is 44.4 Å². The summed E-state index contributed by atoms with van der Waals surface area (Å²) in [4.78, 5) is 0. The van der Waals surface area contributed by atoms with Gasteiger partial charge in [0.2, 0.25) is 0 Å². The predicted octanol–water partition coefficient (Wildman–Crippen LogP) is 4.07. The molecule has 0 atom stereocenters. The van der Waals surface area contributed by atoms with Crippen LogP contribution in [0.15, 0.2) is 40.3 Å². The van der Waals surface area contributed by atoms with Gasteiger partial charge in [0.1, 0.15) is 0 Å². The van der Waals surface area contributed by atoms with Crippen molar-refractivity contribution in [2.45, 2.75) is 45.8 Å². The van der Waals surface area contributed by atoms with Crippen molar-refractivity contribution in [3.8, 4) is 0 Å². The molecule has 4 heteroatoms. The Bertz CT molecular complexity index is 690. The minimum Gasteiger partial charge on any atom is -0.204 e.